The fourth-order valence-corrected chi connectivity index (χ4v) is 2.64. The largest absolute Gasteiger partial charge is 0.383 e. The zero-order chi connectivity index (χ0) is 16.4. The SMILES string of the molecule is CC(O)(CNC(=O)Nc1cnn(C(C)(C)C)c1)c1cccs1. The van der Waals surface area contributed by atoms with Crippen molar-refractivity contribution in [3.63, 3.8) is 0 Å². The van der Waals surface area contributed by atoms with Crippen molar-refractivity contribution in [1.29, 1.82) is 0 Å². The van der Waals surface area contributed by atoms with E-state index in [9.17, 15) is 9.90 Å². The van der Waals surface area contributed by atoms with Crippen molar-refractivity contribution in [3.05, 3.63) is 34.8 Å². The summed E-state index contributed by atoms with van der Waals surface area (Å²) in [7, 11) is 0. The van der Waals surface area contributed by atoms with E-state index in [4.69, 9.17) is 0 Å². The lowest BCUT2D eigenvalue weighted by Gasteiger charge is -2.22. The molecule has 2 aromatic heterocycles. The molecule has 3 N–H and O–H groups in total. The van der Waals surface area contributed by atoms with Gasteiger partial charge in [0.1, 0.15) is 5.60 Å². The third kappa shape index (κ3) is 4.08. The number of anilines is 1. The fraction of sp³-hybridized carbons (Fsp3) is 0.467. The minimum absolute atomic E-state index is 0.132. The second-order valence-corrected chi connectivity index (χ2v) is 7.35. The smallest absolute Gasteiger partial charge is 0.319 e. The van der Waals surface area contributed by atoms with Crippen molar-refractivity contribution >= 4 is 23.1 Å². The van der Waals surface area contributed by atoms with Gasteiger partial charge in [-0.3, -0.25) is 4.68 Å². The molecule has 0 saturated heterocycles. The summed E-state index contributed by atoms with van der Waals surface area (Å²) in [6, 6.07) is 3.35. The van der Waals surface area contributed by atoms with Crippen molar-refractivity contribution in [1.82, 2.24) is 15.1 Å². The predicted molar refractivity (Wildman–Crippen MR) is 88.1 cm³/mol. The van der Waals surface area contributed by atoms with Crippen LogP contribution in [0.4, 0.5) is 10.5 Å². The second kappa shape index (κ2) is 6.10. The van der Waals surface area contributed by atoms with Crippen molar-refractivity contribution in [3.8, 4) is 0 Å². The van der Waals surface area contributed by atoms with Gasteiger partial charge in [-0.25, -0.2) is 4.79 Å². The third-order valence-corrected chi connectivity index (χ3v) is 4.30. The summed E-state index contributed by atoms with van der Waals surface area (Å²) in [4.78, 5) is 12.7. The van der Waals surface area contributed by atoms with Crippen LogP contribution in [0.5, 0.6) is 0 Å². The summed E-state index contributed by atoms with van der Waals surface area (Å²) in [5, 5.41) is 21.9. The van der Waals surface area contributed by atoms with Crippen molar-refractivity contribution < 1.29 is 9.90 Å². The highest BCUT2D eigenvalue weighted by Gasteiger charge is 2.25. The van der Waals surface area contributed by atoms with Gasteiger partial charge in [0.2, 0.25) is 0 Å². The molecule has 22 heavy (non-hydrogen) atoms. The number of rotatable bonds is 4. The first-order valence-corrected chi connectivity index (χ1v) is 7.93. The number of aliphatic hydroxyl groups is 1. The first kappa shape index (κ1) is 16.5. The van der Waals surface area contributed by atoms with Gasteiger partial charge in [0.05, 0.1) is 24.0 Å². The Bertz CT molecular complexity index is 626. The minimum Gasteiger partial charge on any atom is -0.383 e. The quantitative estimate of drug-likeness (QED) is 0.810. The maximum Gasteiger partial charge on any atom is 0.319 e. The number of carbonyl (C=O) groups is 1. The average Bonchev–Trinajstić information content (AvgIpc) is 3.06. The van der Waals surface area contributed by atoms with Crippen LogP contribution in [0.25, 0.3) is 0 Å². The number of urea groups is 1. The molecule has 0 saturated carbocycles. The van der Waals surface area contributed by atoms with Gasteiger partial charge in [-0.15, -0.1) is 11.3 Å². The first-order chi connectivity index (χ1) is 10.2. The van der Waals surface area contributed by atoms with Gasteiger partial charge in [-0.05, 0) is 39.1 Å². The van der Waals surface area contributed by atoms with E-state index in [1.165, 1.54) is 11.3 Å². The Morgan fingerprint density at radius 1 is 1.41 bits per heavy atom. The molecule has 0 fully saturated rings. The van der Waals surface area contributed by atoms with Gasteiger partial charge in [0.25, 0.3) is 0 Å². The first-order valence-electron chi connectivity index (χ1n) is 7.05. The molecule has 2 rings (SSSR count). The number of hydrogen-bond acceptors (Lipinski definition) is 4. The van der Waals surface area contributed by atoms with Gasteiger partial charge >= 0.3 is 6.03 Å². The van der Waals surface area contributed by atoms with Crippen LogP contribution in [0.3, 0.4) is 0 Å². The van der Waals surface area contributed by atoms with Crippen molar-refractivity contribution in [2.75, 3.05) is 11.9 Å². The van der Waals surface area contributed by atoms with Crippen LogP contribution >= 0.6 is 11.3 Å². The number of thiophene rings is 1. The molecule has 2 aromatic rings. The summed E-state index contributed by atoms with van der Waals surface area (Å²) < 4.78 is 1.78. The summed E-state index contributed by atoms with van der Waals surface area (Å²) in [5.74, 6) is 0. The van der Waals surface area contributed by atoms with Gasteiger partial charge in [-0.1, -0.05) is 6.07 Å². The highest BCUT2D eigenvalue weighted by molar-refractivity contribution is 7.10. The zero-order valence-electron chi connectivity index (χ0n) is 13.3. The molecule has 1 unspecified atom stereocenters. The molecular formula is C15H22N4O2S. The van der Waals surface area contributed by atoms with Gasteiger partial charge in [0.15, 0.2) is 0 Å². The van der Waals surface area contributed by atoms with Crippen LogP contribution in [0.1, 0.15) is 32.6 Å². The van der Waals surface area contributed by atoms with E-state index < -0.39 is 5.60 Å². The number of carbonyl (C=O) groups excluding carboxylic acids is 1. The molecule has 0 aromatic carbocycles. The van der Waals surface area contributed by atoms with Crippen molar-refractivity contribution in [2.24, 2.45) is 0 Å². The molecule has 1 atom stereocenters. The van der Waals surface area contributed by atoms with Gasteiger partial charge in [-0.2, -0.15) is 5.10 Å². The Labute approximate surface area is 134 Å². The minimum atomic E-state index is -1.08. The van der Waals surface area contributed by atoms with Crippen LogP contribution in [0.15, 0.2) is 29.9 Å². The third-order valence-electron chi connectivity index (χ3n) is 3.17. The molecular weight excluding hydrogens is 300 g/mol. The van der Waals surface area contributed by atoms with E-state index in [-0.39, 0.29) is 18.1 Å². The Morgan fingerprint density at radius 2 is 2.14 bits per heavy atom. The fourth-order valence-electron chi connectivity index (χ4n) is 1.85. The molecule has 2 amide bonds. The normalized spacial score (nSPS) is 14.4. The van der Waals surface area contributed by atoms with Gasteiger partial charge in [0, 0.05) is 11.1 Å². The lowest BCUT2D eigenvalue weighted by molar-refractivity contribution is 0.0637. The number of nitrogens with one attached hydrogen (secondary N) is 2. The Kier molecular flexibility index (Phi) is 4.58. The van der Waals surface area contributed by atoms with E-state index in [2.05, 4.69) is 15.7 Å². The zero-order valence-corrected chi connectivity index (χ0v) is 14.1. The predicted octanol–water partition coefficient (Wildman–Crippen LogP) is 2.73. The van der Waals surface area contributed by atoms with Crippen LogP contribution in [0, 0.1) is 0 Å². The number of amides is 2. The van der Waals surface area contributed by atoms with Gasteiger partial charge < -0.3 is 15.7 Å². The monoisotopic (exact) mass is 322 g/mol. The van der Waals surface area contributed by atoms with E-state index in [0.717, 1.165) is 4.88 Å². The second-order valence-electron chi connectivity index (χ2n) is 6.40. The molecule has 0 spiro atoms. The molecule has 120 valence electrons. The van der Waals surface area contributed by atoms with E-state index in [1.807, 2.05) is 38.3 Å². The number of aromatic nitrogens is 2. The summed E-state index contributed by atoms with van der Waals surface area (Å²) in [6.07, 6.45) is 3.37. The molecule has 0 aliphatic heterocycles. The Balaban J connectivity index is 1.90. The van der Waals surface area contributed by atoms with Crippen LogP contribution in [-0.2, 0) is 11.1 Å². The summed E-state index contributed by atoms with van der Waals surface area (Å²) in [5.41, 5.74) is -0.608. The molecule has 2 heterocycles. The molecule has 0 aliphatic rings. The topological polar surface area (TPSA) is 79.2 Å². The lowest BCUT2D eigenvalue weighted by Crippen LogP contribution is -2.40. The van der Waals surface area contributed by atoms with Crippen LogP contribution < -0.4 is 10.6 Å². The standard InChI is InChI=1S/C15H22N4O2S/c1-14(2,3)19-9-11(8-17-19)18-13(20)16-10-15(4,21)12-6-5-7-22-12/h5-9,21H,10H2,1-4H3,(H2,16,18,20). The highest BCUT2D eigenvalue weighted by Crippen LogP contribution is 2.24. The van der Waals surface area contributed by atoms with E-state index in [1.54, 1.807) is 24.0 Å². The summed E-state index contributed by atoms with van der Waals surface area (Å²) >= 11 is 1.46. The molecule has 0 bridgehead atoms. The van der Waals surface area contributed by atoms with Crippen LogP contribution in [-0.4, -0.2) is 27.5 Å². The maximum atomic E-state index is 11.9. The maximum absolute atomic E-state index is 11.9. The Morgan fingerprint density at radius 3 is 2.68 bits per heavy atom. The molecule has 0 aliphatic carbocycles. The van der Waals surface area contributed by atoms with Crippen molar-refractivity contribution in [2.45, 2.75) is 38.8 Å². The van der Waals surface area contributed by atoms with E-state index >= 15 is 0 Å². The van der Waals surface area contributed by atoms with E-state index in [0.29, 0.717) is 5.69 Å². The van der Waals surface area contributed by atoms with Crippen LogP contribution in [0.2, 0.25) is 0 Å². The Hall–Kier alpha value is -1.86. The molecule has 7 heteroatoms. The molecule has 0 radical (unpaired) electrons. The average molecular weight is 322 g/mol. The molecule has 6 nitrogen and oxygen atoms in total. The summed E-state index contributed by atoms with van der Waals surface area (Å²) in [6.45, 7) is 7.90. The number of hydrogen-bond donors (Lipinski definition) is 3. The number of nitrogens with zero attached hydrogens (tertiary/aromatic N) is 2. The highest BCUT2D eigenvalue weighted by atomic mass is 32.1. The lowest BCUT2D eigenvalue weighted by atomic mass is 10.1.